The van der Waals surface area contributed by atoms with Crippen LogP contribution in [0.5, 0.6) is 0 Å². The predicted octanol–water partition coefficient (Wildman–Crippen LogP) is 4.21. The van der Waals surface area contributed by atoms with Crippen LogP contribution in [0.1, 0.15) is 11.1 Å². The third kappa shape index (κ3) is 4.29. The van der Waals surface area contributed by atoms with Crippen molar-refractivity contribution >= 4 is 11.6 Å². The minimum absolute atomic E-state index is 0.410. The van der Waals surface area contributed by atoms with Crippen LogP contribution in [0.3, 0.4) is 0 Å². The normalized spacial score (nSPS) is 11.0. The van der Waals surface area contributed by atoms with Gasteiger partial charge < -0.3 is 0 Å². The Kier molecular flexibility index (Phi) is 5.50. The third-order valence-corrected chi connectivity index (χ3v) is 3.23. The topological polar surface area (TPSA) is 3.24 Å². The molecule has 0 fully saturated rings. The fraction of sp³-hybridized carbons (Fsp3) is 0.250. The van der Waals surface area contributed by atoms with Gasteiger partial charge in [-0.3, -0.25) is 4.90 Å². The highest BCUT2D eigenvalue weighted by atomic mass is 35.5. The quantitative estimate of drug-likeness (QED) is 0.722. The molecule has 0 atom stereocenters. The smallest absolute Gasteiger partial charge is 0.130 e. The molecule has 0 aliphatic carbocycles. The van der Waals surface area contributed by atoms with Crippen molar-refractivity contribution in [3.63, 3.8) is 0 Å². The molecule has 2 aromatic rings. The lowest BCUT2D eigenvalue weighted by atomic mass is 10.1. The van der Waals surface area contributed by atoms with Gasteiger partial charge >= 0.3 is 0 Å². The summed E-state index contributed by atoms with van der Waals surface area (Å²) >= 11 is 5.80. The molecule has 1 nitrogen and oxygen atoms in total. The van der Waals surface area contributed by atoms with Gasteiger partial charge in [-0.2, -0.15) is 0 Å². The van der Waals surface area contributed by atoms with Crippen LogP contribution in [0.25, 0.3) is 0 Å². The number of hydrogen-bond donors (Lipinski definition) is 0. The van der Waals surface area contributed by atoms with E-state index in [0.717, 1.165) is 11.6 Å². The van der Waals surface area contributed by atoms with Gasteiger partial charge in [0, 0.05) is 37.1 Å². The Balaban J connectivity index is 2.09. The zero-order chi connectivity index (χ0) is 14.4. The molecule has 0 spiro atoms. The summed E-state index contributed by atoms with van der Waals surface area (Å²) in [5, 5.41) is 0. The lowest BCUT2D eigenvalue weighted by molar-refractivity contribution is 0.269. The van der Waals surface area contributed by atoms with E-state index in [1.54, 1.807) is 0 Å². The van der Waals surface area contributed by atoms with E-state index in [-0.39, 0.29) is 0 Å². The summed E-state index contributed by atoms with van der Waals surface area (Å²) in [5.74, 6) is -0.605. The van der Waals surface area contributed by atoms with Gasteiger partial charge in [0.15, 0.2) is 0 Å². The number of rotatable bonds is 6. The second kappa shape index (κ2) is 7.36. The summed E-state index contributed by atoms with van der Waals surface area (Å²) in [6.45, 7) is 1.74. The number of benzene rings is 2. The summed E-state index contributed by atoms with van der Waals surface area (Å²) in [6.07, 6.45) is 0. The van der Waals surface area contributed by atoms with Gasteiger partial charge in [-0.05, 0) is 11.6 Å². The van der Waals surface area contributed by atoms with Crippen LogP contribution in [0, 0.1) is 11.6 Å². The third-order valence-electron chi connectivity index (χ3n) is 3.06. The van der Waals surface area contributed by atoms with Crippen LogP contribution >= 0.6 is 11.6 Å². The standard InChI is InChI=1S/C16H16ClF2N/c17-8-9-20(11-13-4-2-1-3-5-13)12-14-6-7-15(18)10-16(14)19/h1-7,10H,8-9,11-12H2. The largest absolute Gasteiger partial charge is 0.294 e. The van der Waals surface area contributed by atoms with E-state index >= 15 is 0 Å². The number of hydrogen-bond acceptors (Lipinski definition) is 1. The summed E-state index contributed by atoms with van der Waals surface area (Å²) < 4.78 is 26.6. The monoisotopic (exact) mass is 295 g/mol. The van der Waals surface area contributed by atoms with E-state index in [4.69, 9.17) is 11.6 Å². The highest BCUT2D eigenvalue weighted by Crippen LogP contribution is 2.14. The molecule has 0 bridgehead atoms. The lowest BCUT2D eigenvalue weighted by Crippen LogP contribution is -2.25. The van der Waals surface area contributed by atoms with E-state index in [1.807, 2.05) is 35.2 Å². The Morgan fingerprint density at radius 1 is 0.950 bits per heavy atom. The molecule has 2 rings (SSSR count). The molecule has 0 N–H and O–H groups in total. The summed E-state index contributed by atoms with van der Waals surface area (Å²) in [5.41, 5.74) is 1.62. The van der Waals surface area contributed by atoms with Crippen molar-refractivity contribution in [2.45, 2.75) is 13.1 Å². The van der Waals surface area contributed by atoms with Crippen molar-refractivity contribution in [1.82, 2.24) is 4.90 Å². The van der Waals surface area contributed by atoms with E-state index in [2.05, 4.69) is 0 Å². The van der Waals surface area contributed by atoms with Gasteiger partial charge in [-0.25, -0.2) is 8.78 Å². The van der Waals surface area contributed by atoms with Crippen LogP contribution in [0.2, 0.25) is 0 Å². The Morgan fingerprint density at radius 3 is 2.35 bits per heavy atom. The minimum Gasteiger partial charge on any atom is -0.294 e. The maximum atomic E-state index is 13.7. The number of nitrogens with zero attached hydrogens (tertiary/aromatic N) is 1. The molecule has 0 aromatic heterocycles. The molecule has 2 aromatic carbocycles. The SMILES string of the molecule is Fc1ccc(CN(CCCl)Cc2ccccc2)c(F)c1. The van der Waals surface area contributed by atoms with Gasteiger partial charge in [0.2, 0.25) is 0 Å². The van der Waals surface area contributed by atoms with Gasteiger partial charge in [0.25, 0.3) is 0 Å². The summed E-state index contributed by atoms with van der Waals surface area (Å²) in [4.78, 5) is 2.04. The zero-order valence-corrected chi connectivity index (χ0v) is 11.8. The Bertz CT molecular complexity index is 545. The maximum absolute atomic E-state index is 13.7. The van der Waals surface area contributed by atoms with Crippen LogP contribution in [0.4, 0.5) is 8.78 Å². The van der Waals surface area contributed by atoms with Gasteiger partial charge in [0.05, 0.1) is 0 Å². The molecule has 4 heteroatoms. The molecule has 0 radical (unpaired) electrons. The van der Waals surface area contributed by atoms with Crippen molar-refractivity contribution in [1.29, 1.82) is 0 Å². The molecule has 0 aliphatic heterocycles. The Morgan fingerprint density at radius 2 is 1.70 bits per heavy atom. The van der Waals surface area contributed by atoms with Gasteiger partial charge in [-0.1, -0.05) is 36.4 Å². The van der Waals surface area contributed by atoms with Crippen molar-refractivity contribution in [3.05, 3.63) is 71.3 Å². The first-order valence-electron chi connectivity index (χ1n) is 6.45. The molecule has 0 saturated heterocycles. The Labute approximate surface area is 122 Å². The fourth-order valence-electron chi connectivity index (χ4n) is 2.07. The average molecular weight is 296 g/mol. The first-order valence-corrected chi connectivity index (χ1v) is 6.98. The second-order valence-corrected chi connectivity index (χ2v) is 5.00. The molecule has 106 valence electrons. The van der Waals surface area contributed by atoms with E-state index in [0.29, 0.717) is 31.1 Å². The van der Waals surface area contributed by atoms with E-state index in [1.165, 1.54) is 12.1 Å². The predicted molar refractivity (Wildman–Crippen MR) is 77.6 cm³/mol. The molecular weight excluding hydrogens is 280 g/mol. The first kappa shape index (κ1) is 14.9. The highest BCUT2D eigenvalue weighted by Gasteiger charge is 2.10. The van der Waals surface area contributed by atoms with Crippen LogP contribution < -0.4 is 0 Å². The van der Waals surface area contributed by atoms with Crippen LogP contribution in [-0.2, 0) is 13.1 Å². The van der Waals surface area contributed by atoms with Gasteiger partial charge in [0.1, 0.15) is 11.6 Å². The van der Waals surface area contributed by atoms with Crippen molar-refractivity contribution in [2.75, 3.05) is 12.4 Å². The van der Waals surface area contributed by atoms with Gasteiger partial charge in [-0.15, -0.1) is 11.6 Å². The lowest BCUT2D eigenvalue weighted by Gasteiger charge is -2.21. The molecule has 0 aliphatic rings. The molecule has 20 heavy (non-hydrogen) atoms. The molecule has 0 amide bonds. The molecular formula is C16H16ClF2N. The first-order chi connectivity index (χ1) is 9.69. The van der Waals surface area contributed by atoms with Crippen LogP contribution in [-0.4, -0.2) is 17.3 Å². The van der Waals surface area contributed by atoms with Crippen LogP contribution in [0.15, 0.2) is 48.5 Å². The maximum Gasteiger partial charge on any atom is 0.130 e. The second-order valence-electron chi connectivity index (χ2n) is 4.62. The van der Waals surface area contributed by atoms with Crippen molar-refractivity contribution in [3.8, 4) is 0 Å². The van der Waals surface area contributed by atoms with Crippen molar-refractivity contribution in [2.24, 2.45) is 0 Å². The summed E-state index contributed by atoms with van der Waals surface area (Å²) in [7, 11) is 0. The number of halogens is 3. The molecule has 0 saturated carbocycles. The van der Waals surface area contributed by atoms with Crippen molar-refractivity contribution < 1.29 is 8.78 Å². The minimum atomic E-state index is -0.557. The fourth-order valence-corrected chi connectivity index (χ4v) is 2.31. The molecule has 0 unspecified atom stereocenters. The number of alkyl halides is 1. The van der Waals surface area contributed by atoms with E-state index < -0.39 is 11.6 Å². The Hall–Kier alpha value is -1.45. The average Bonchev–Trinajstić information content (AvgIpc) is 2.43. The van der Waals surface area contributed by atoms with E-state index in [9.17, 15) is 8.78 Å². The summed E-state index contributed by atoms with van der Waals surface area (Å²) in [6, 6.07) is 13.6. The zero-order valence-electron chi connectivity index (χ0n) is 11.0. The molecule has 0 heterocycles. The highest BCUT2D eigenvalue weighted by molar-refractivity contribution is 6.18.